The van der Waals surface area contributed by atoms with E-state index in [1.807, 2.05) is 11.8 Å². The number of esters is 1. The highest BCUT2D eigenvalue weighted by Gasteiger charge is 2.41. The smallest absolute Gasteiger partial charge is 0.311 e. The molecule has 2 rings (SSSR count). The van der Waals surface area contributed by atoms with Crippen LogP contribution in [0.1, 0.15) is 129 Å². The molecule has 2 saturated heterocycles. The quantitative estimate of drug-likeness (QED) is 0.0992. The Labute approximate surface area is 222 Å². The second-order valence-corrected chi connectivity index (χ2v) is 11.1. The first kappa shape index (κ1) is 30.9. The second-order valence-electron chi connectivity index (χ2n) is 11.1. The van der Waals surface area contributed by atoms with Crippen molar-refractivity contribution in [1.82, 2.24) is 9.80 Å². The number of allylic oxidation sites excluding steroid dienone is 2. The molecule has 5 heteroatoms. The number of carbonyl (C=O) groups is 2. The van der Waals surface area contributed by atoms with Crippen molar-refractivity contribution < 1.29 is 14.3 Å². The zero-order valence-corrected chi connectivity index (χ0v) is 23.7. The fourth-order valence-corrected chi connectivity index (χ4v) is 5.62. The maximum absolute atomic E-state index is 12.6. The van der Waals surface area contributed by atoms with Gasteiger partial charge in [-0.2, -0.15) is 0 Å². The third-order valence-electron chi connectivity index (χ3n) is 8.10. The van der Waals surface area contributed by atoms with Crippen LogP contribution in [0.4, 0.5) is 0 Å². The van der Waals surface area contributed by atoms with Crippen LogP contribution < -0.4 is 0 Å². The number of hydrogen-bond acceptors (Lipinski definition) is 4. The van der Waals surface area contributed by atoms with Gasteiger partial charge in [0, 0.05) is 25.6 Å². The molecule has 2 aliphatic rings. The third kappa shape index (κ3) is 12.7. The summed E-state index contributed by atoms with van der Waals surface area (Å²) in [6.07, 6.45) is 26.9. The Morgan fingerprint density at radius 3 is 2.06 bits per heavy atom. The van der Waals surface area contributed by atoms with Gasteiger partial charge in [0.05, 0.1) is 5.92 Å². The van der Waals surface area contributed by atoms with Crippen LogP contribution in [0.2, 0.25) is 0 Å². The van der Waals surface area contributed by atoms with E-state index in [1.165, 1.54) is 96.3 Å². The molecule has 5 nitrogen and oxygen atoms in total. The van der Waals surface area contributed by atoms with Crippen molar-refractivity contribution in [1.29, 1.82) is 0 Å². The monoisotopic (exact) mass is 504 g/mol. The maximum atomic E-state index is 12.6. The number of nitrogens with zero attached hydrogens (tertiary/aromatic N) is 2. The minimum Gasteiger partial charge on any atom is -0.464 e. The van der Waals surface area contributed by atoms with Crippen LogP contribution in [0.15, 0.2) is 12.2 Å². The summed E-state index contributed by atoms with van der Waals surface area (Å²) in [5.74, 6) is -0.363. The van der Waals surface area contributed by atoms with E-state index in [-0.39, 0.29) is 23.8 Å². The Morgan fingerprint density at radius 1 is 0.833 bits per heavy atom. The fourth-order valence-electron chi connectivity index (χ4n) is 5.62. The van der Waals surface area contributed by atoms with Crippen molar-refractivity contribution in [2.45, 2.75) is 135 Å². The van der Waals surface area contributed by atoms with Gasteiger partial charge in [-0.05, 0) is 65.0 Å². The van der Waals surface area contributed by atoms with Crippen LogP contribution in [-0.4, -0.2) is 60.5 Å². The molecule has 1 amide bonds. The lowest BCUT2D eigenvalue weighted by molar-refractivity contribution is -0.149. The van der Waals surface area contributed by atoms with E-state index in [0.29, 0.717) is 13.0 Å². The van der Waals surface area contributed by atoms with Crippen LogP contribution >= 0.6 is 0 Å². The minimum absolute atomic E-state index is 0.0388. The molecule has 0 bridgehead atoms. The Kier molecular flexibility index (Phi) is 16.9. The summed E-state index contributed by atoms with van der Waals surface area (Å²) in [5, 5.41) is 0. The molecule has 2 heterocycles. The van der Waals surface area contributed by atoms with Crippen molar-refractivity contribution in [3.05, 3.63) is 12.2 Å². The number of ether oxygens (including phenoxy) is 1. The highest BCUT2D eigenvalue weighted by atomic mass is 16.5. The standard InChI is InChI=1S/C31H56N2O3/c1-3-4-5-6-7-8-9-10-11-12-13-14-15-16-17-21-24-33-28(2)29(27-30(33)34)31(35)36-26-25-32-22-19-18-20-23-32/h10-11,28-29H,3-9,12-27H2,1-2H3/b11-10-/t28-,29+/m1/s1. The van der Waals surface area contributed by atoms with Gasteiger partial charge in [0.2, 0.25) is 5.91 Å². The molecular formula is C31H56N2O3. The molecular weight excluding hydrogens is 448 g/mol. The number of likely N-dealkylation sites (tertiary alicyclic amines) is 2. The molecule has 0 N–H and O–H groups in total. The largest absolute Gasteiger partial charge is 0.464 e. The molecule has 0 aromatic carbocycles. The first-order chi connectivity index (χ1) is 17.6. The van der Waals surface area contributed by atoms with Crippen LogP contribution in [-0.2, 0) is 14.3 Å². The summed E-state index contributed by atoms with van der Waals surface area (Å²) in [7, 11) is 0. The maximum Gasteiger partial charge on any atom is 0.311 e. The van der Waals surface area contributed by atoms with Crippen molar-refractivity contribution >= 4 is 11.9 Å². The van der Waals surface area contributed by atoms with Crippen LogP contribution in [0.3, 0.4) is 0 Å². The van der Waals surface area contributed by atoms with Crippen LogP contribution in [0.25, 0.3) is 0 Å². The number of carbonyl (C=O) groups excluding carboxylic acids is 2. The van der Waals surface area contributed by atoms with Gasteiger partial charge < -0.3 is 9.64 Å². The molecule has 0 aromatic rings. The summed E-state index contributed by atoms with van der Waals surface area (Å²) in [5.41, 5.74) is 0. The number of rotatable bonds is 20. The number of amides is 1. The molecule has 2 atom stereocenters. The second kappa shape index (κ2) is 19.7. The van der Waals surface area contributed by atoms with E-state index in [0.717, 1.165) is 39.0 Å². The molecule has 0 aliphatic carbocycles. The van der Waals surface area contributed by atoms with Crippen molar-refractivity contribution in [2.24, 2.45) is 5.92 Å². The van der Waals surface area contributed by atoms with E-state index < -0.39 is 0 Å². The van der Waals surface area contributed by atoms with E-state index in [2.05, 4.69) is 24.0 Å². The Morgan fingerprint density at radius 2 is 1.42 bits per heavy atom. The van der Waals surface area contributed by atoms with Crippen LogP contribution in [0, 0.1) is 5.92 Å². The van der Waals surface area contributed by atoms with Crippen molar-refractivity contribution in [3.63, 3.8) is 0 Å². The van der Waals surface area contributed by atoms with E-state index >= 15 is 0 Å². The fraction of sp³-hybridized carbons (Fsp3) is 0.871. The molecule has 0 aromatic heterocycles. The lowest BCUT2D eigenvalue weighted by Crippen LogP contribution is -2.37. The molecule has 208 valence electrons. The topological polar surface area (TPSA) is 49.9 Å². The van der Waals surface area contributed by atoms with Crippen molar-refractivity contribution in [3.8, 4) is 0 Å². The van der Waals surface area contributed by atoms with Crippen LogP contribution in [0.5, 0.6) is 0 Å². The zero-order chi connectivity index (χ0) is 25.8. The van der Waals surface area contributed by atoms with Gasteiger partial charge in [-0.3, -0.25) is 14.5 Å². The van der Waals surface area contributed by atoms with E-state index in [1.54, 1.807) is 0 Å². The minimum atomic E-state index is -0.298. The van der Waals surface area contributed by atoms with Gasteiger partial charge in [-0.25, -0.2) is 0 Å². The third-order valence-corrected chi connectivity index (χ3v) is 8.10. The predicted octanol–water partition coefficient (Wildman–Crippen LogP) is 7.29. The lowest BCUT2D eigenvalue weighted by Gasteiger charge is -2.27. The van der Waals surface area contributed by atoms with E-state index in [4.69, 9.17) is 4.74 Å². The highest BCUT2D eigenvalue weighted by Crippen LogP contribution is 2.27. The van der Waals surface area contributed by atoms with Crippen molar-refractivity contribution in [2.75, 3.05) is 32.8 Å². The lowest BCUT2D eigenvalue weighted by atomic mass is 10.0. The molecule has 0 spiro atoms. The summed E-state index contributed by atoms with van der Waals surface area (Å²) in [6.45, 7) is 8.55. The Balaban J connectivity index is 1.44. The van der Waals surface area contributed by atoms with Gasteiger partial charge >= 0.3 is 5.97 Å². The Hall–Kier alpha value is -1.36. The molecule has 36 heavy (non-hydrogen) atoms. The van der Waals surface area contributed by atoms with Gasteiger partial charge in [0.25, 0.3) is 0 Å². The van der Waals surface area contributed by atoms with Gasteiger partial charge in [-0.15, -0.1) is 0 Å². The highest BCUT2D eigenvalue weighted by molar-refractivity contribution is 5.87. The summed E-state index contributed by atoms with van der Waals surface area (Å²) >= 11 is 0. The number of unbranched alkanes of at least 4 members (excludes halogenated alkanes) is 12. The molecule has 0 radical (unpaired) electrons. The van der Waals surface area contributed by atoms with Gasteiger partial charge in [0.1, 0.15) is 6.61 Å². The Bertz CT molecular complexity index is 615. The average molecular weight is 505 g/mol. The summed E-state index contributed by atoms with van der Waals surface area (Å²) in [6, 6.07) is -0.0388. The van der Waals surface area contributed by atoms with Gasteiger partial charge in [0.15, 0.2) is 0 Å². The number of hydrogen-bond donors (Lipinski definition) is 0. The molecule has 2 aliphatic heterocycles. The van der Waals surface area contributed by atoms with E-state index in [9.17, 15) is 9.59 Å². The molecule has 0 saturated carbocycles. The normalized spacial score (nSPS) is 21.1. The molecule has 2 fully saturated rings. The first-order valence-electron chi connectivity index (χ1n) is 15.5. The summed E-state index contributed by atoms with van der Waals surface area (Å²) in [4.78, 5) is 29.4. The average Bonchev–Trinajstić information content (AvgIpc) is 3.17. The molecule has 0 unspecified atom stereocenters. The first-order valence-corrected chi connectivity index (χ1v) is 15.5. The predicted molar refractivity (Wildman–Crippen MR) is 150 cm³/mol. The SMILES string of the molecule is CCCCCCCC/C=C\CCCCCCCCN1C(=O)C[C@H](C(=O)OCCN2CCCCC2)[C@H]1C. The summed E-state index contributed by atoms with van der Waals surface area (Å²) < 4.78 is 5.57. The number of piperidine rings is 1. The zero-order valence-electron chi connectivity index (χ0n) is 23.7. The van der Waals surface area contributed by atoms with Gasteiger partial charge in [-0.1, -0.05) is 83.3 Å².